The number of thiophene rings is 1. The Morgan fingerprint density at radius 3 is 2.44 bits per heavy atom. The van der Waals surface area contributed by atoms with Gasteiger partial charge in [-0.3, -0.25) is 4.79 Å². The average Bonchev–Trinajstić information content (AvgIpc) is 3.46. The molecule has 2 aromatic heterocycles. The Bertz CT molecular complexity index is 1350. The average molecular weight is 522 g/mol. The Labute approximate surface area is 218 Å². The van der Waals surface area contributed by atoms with E-state index in [4.69, 9.17) is 4.74 Å². The number of nitrogens with zero attached hydrogens (tertiary/aromatic N) is 4. The Morgan fingerprint density at radius 1 is 1.06 bits per heavy atom. The highest BCUT2D eigenvalue weighted by Gasteiger charge is 2.23. The van der Waals surface area contributed by atoms with Crippen LogP contribution in [0, 0.1) is 0 Å². The molecule has 186 valence electrons. The zero-order valence-corrected chi connectivity index (χ0v) is 22.2. The fourth-order valence-electron chi connectivity index (χ4n) is 3.58. The molecule has 36 heavy (non-hydrogen) atoms. The van der Waals surface area contributed by atoms with Crippen LogP contribution in [0.1, 0.15) is 17.3 Å². The molecule has 1 N–H and O–H groups in total. The summed E-state index contributed by atoms with van der Waals surface area (Å²) in [5.74, 6) is 0.135. The first-order valence-corrected chi connectivity index (χ1v) is 13.2. The fourth-order valence-corrected chi connectivity index (χ4v) is 5.26. The van der Waals surface area contributed by atoms with Gasteiger partial charge in [0, 0.05) is 43.3 Å². The van der Waals surface area contributed by atoms with Crippen LogP contribution in [0.2, 0.25) is 0 Å². The van der Waals surface area contributed by atoms with Gasteiger partial charge in [0.25, 0.3) is 0 Å². The number of thioether (sulfide) groups is 1. The molecule has 2 aromatic carbocycles. The third-order valence-corrected chi connectivity index (χ3v) is 7.33. The van der Waals surface area contributed by atoms with Gasteiger partial charge in [0.15, 0.2) is 11.0 Å². The standard InChI is InChI=1S/C26H27N5O3S2/c1-5-34-25(33)22-20(17-9-7-6-8-10-17)15-35-24(22)27-21(32)16-36-26-29-28-23(31(26)4)18-11-13-19(14-12-18)30(2)3/h6-15H,5,16H2,1-4H3,(H,27,32). The van der Waals surface area contributed by atoms with Crippen LogP contribution in [0.15, 0.2) is 65.1 Å². The van der Waals surface area contributed by atoms with E-state index >= 15 is 0 Å². The summed E-state index contributed by atoms with van der Waals surface area (Å²) in [4.78, 5) is 27.6. The van der Waals surface area contributed by atoms with Gasteiger partial charge < -0.3 is 19.5 Å². The number of carbonyl (C=O) groups is 2. The van der Waals surface area contributed by atoms with Crippen molar-refractivity contribution >= 4 is 45.7 Å². The van der Waals surface area contributed by atoms with Crippen molar-refractivity contribution in [2.45, 2.75) is 12.1 Å². The van der Waals surface area contributed by atoms with Crippen molar-refractivity contribution in [3.05, 3.63) is 65.5 Å². The molecule has 0 aliphatic carbocycles. The number of anilines is 2. The smallest absolute Gasteiger partial charge is 0.341 e. The predicted molar refractivity (Wildman–Crippen MR) is 146 cm³/mol. The van der Waals surface area contributed by atoms with Crippen LogP contribution in [0.5, 0.6) is 0 Å². The van der Waals surface area contributed by atoms with Crippen LogP contribution >= 0.6 is 23.1 Å². The number of esters is 1. The molecule has 0 saturated heterocycles. The monoisotopic (exact) mass is 521 g/mol. The summed E-state index contributed by atoms with van der Waals surface area (Å²) < 4.78 is 7.13. The molecule has 10 heteroatoms. The summed E-state index contributed by atoms with van der Waals surface area (Å²) in [6.45, 7) is 2.01. The summed E-state index contributed by atoms with van der Waals surface area (Å²) in [6.07, 6.45) is 0. The molecule has 1 amide bonds. The molecule has 8 nitrogen and oxygen atoms in total. The molecule has 0 radical (unpaired) electrons. The van der Waals surface area contributed by atoms with Gasteiger partial charge in [-0.05, 0) is 36.8 Å². The summed E-state index contributed by atoms with van der Waals surface area (Å²) in [5.41, 5.74) is 4.03. The second-order valence-electron chi connectivity index (χ2n) is 8.08. The topological polar surface area (TPSA) is 89.3 Å². The highest BCUT2D eigenvalue weighted by Crippen LogP contribution is 2.36. The number of carbonyl (C=O) groups excluding carboxylic acids is 2. The Balaban J connectivity index is 1.46. The Hall–Kier alpha value is -3.63. The molecule has 0 saturated carbocycles. The first-order valence-electron chi connectivity index (χ1n) is 11.3. The van der Waals surface area contributed by atoms with Crippen LogP contribution in [-0.2, 0) is 16.6 Å². The molecule has 0 spiro atoms. The van der Waals surface area contributed by atoms with E-state index < -0.39 is 5.97 Å². The second kappa shape index (κ2) is 11.4. The van der Waals surface area contributed by atoms with Crippen LogP contribution in [0.4, 0.5) is 10.7 Å². The van der Waals surface area contributed by atoms with Crippen molar-refractivity contribution in [3.63, 3.8) is 0 Å². The lowest BCUT2D eigenvalue weighted by Gasteiger charge is -2.12. The van der Waals surface area contributed by atoms with E-state index in [0.717, 1.165) is 28.2 Å². The Kier molecular flexibility index (Phi) is 8.07. The van der Waals surface area contributed by atoms with Crippen LogP contribution < -0.4 is 10.2 Å². The third-order valence-electron chi connectivity index (χ3n) is 5.42. The van der Waals surface area contributed by atoms with E-state index in [0.29, 0.717) is 15.7 Å². The molecule has 0 unspecified atom stereocenters. The molecule has 0 bridgehead atoms. The maximum Gasteiger partial charge on any atom is 0.341 e. The first-order chi connectivity index (χ1) is 17.4. The molecule has 0 aliphatic rings. The van der Waals surface area contributed by atoms with E-state index in [-0.39, 0.29) is 18.3 Å². The minimum atomic E-state index is -0.459. The van der Waals surface area contributed by atoms with Gasteiger partial charge in [0.1, 0.15) is 10.6 Å². The van der Waals surface area contributed by atoms with Gasteiger partial charge in [-0.2, -0.15) is 0 Å². The lowest BCUT2D eigenvalue weighted by Crippen LogP contribution is -2.16. The molecule has 4 rings (SSSR count). The van der Waals surface area contributed by atoms with Gasteiger partial charge in [-0.15, -0.1) is 21.5 Å². The van der Waals surface area contributed by atoms with Gasteiger partial charge >= 0.3 is 5.97 Å². The van der Waals surface area contributed by atoms with Crippen molar-refractivity contribution < 1.29 is 14.3 Å². The quantitative estimate of drug-likeness (QED) is 0.240. The van der Waals surface area contributed by atoms with E-state index in [2.05, 4.69) is 15.5 Å². The SMILES string of the molecule is CCOC(=O)c1c(-c2ccccc2)csc1NC(=O)CSc1nnc(-c2ccc(N(C)C)cc2)n1C. The van der Waals surface area contributed by atoms with Gasteiger partial charge in [-0.1, -0.05) is 42.1 Å². The molecular weight excluding hydrogens is 494 g/mol. The summed E-state index contributed by atoms with van der Waals surface area (Å²) >= 11 is 2.59. The van der Waals surface area contributed by atoms with Gasteiger partial charge in [-0.25, -0.2) is 4.79 Å². The highest BCUT2D eigenvalue weighted by atomic mass is 32.2. The lowest BCUT2D eigenvalue weighted by molar-refractivity contribution is -0.113. The third kappa shape index (κ3) is 5.60. The first kappa shape index (κ1) is 25.5. The van der Waals surface area contributed by atoms with Crippen molar-refractivity contribution in [3.8, 4) is 22.5 Å². The zero-order valence-electron chi connectivity index (χ0n) is 20.5. The van der Waals surface area contributed by atoms with Crippen molar-refractivity contribution in [1.82, 2.24) is 14.8 Å². The number of hydrogen-bond acceptors (Lipinski definition) is 8. The van der Waals surface area contributed by atoms with E-state index in [9.17, 15) is 9.59 Å². The van der Waals surface area contributed by atoms with Crippen molar-refractivity contribution in [2.75, 3.05) is 36.7 Å². The second-order valence-corrected chi connectivity index (χ2v) is 9.91. The maximum atomic E-state index is 12.8. The minimum Gasteiger partial charge on any atom is -0.462 e. The normalized spacial score (nSPS) is 10.8. The molecule has 4 aromatic rings. The summed E-state index contributed by atoms with van der Waals surface area (Å²) in [5, 5.41) is 14.4. The molecule has 0 aliphatic heterocycles. The highest BCUT2D eigenvalue weighted by molar-refractivity contribution is 7.99. The number of aromatic nitrogens is 3. The number of ether oxygens (including phenoxy) is 1. The number of benzene rings is 2. The van der Waals surface area contributed by atoms with Gasteiger partial charge in [0.2, 0.25) is 5.91 Å². The minimum absolute atomic E-state index is 0.117. The van der Waals surface area contributed by atoms with Crippen molar-refractivity contribution in [2.24, 2.45) is 7.05 Å². The number of rotatable bonds is 9. The van der Waals surface area contributed by atoms with Crippen LogP contribution in [0.25, 0.3) is 22.5 Å². The molecule has 0 fully saturated rings. The molecule has 2 heterocycles. The molecular formula is C26H27N5O3S2. The van der Waals surface area contributed by atoms with Crippen molar-refractivity contribution in [1.29, 1.82) is 0 Å². The fraction of sp³-hybridized carbons (Fsp3) is 0.231. The zero-order chi connectivity index (χ0) is 25.7. The largest absolute Gasteiger partial charge is 0.462 e. The maximum absolute atomic E-state index is 12.8. The molecule has 0 atom stereocenters. The van der Waals surface area contributed by atoms with Crippen LogP contribution in [0.3, 0.4) is 0 Å². The van der Waals surface area contributed by atoms with E-state index in [1.54, 1.807) is 6.92 Å². The van der Waals surface area contributed by atoms with E-state index in [1.165, 1.54) is 23.1 Å². The number of nitrogens with one attached hydrogen (secondary N) is 1. The summed E-state index contributed by atoms with van der Waals surface area (Å²) in [7, 11) is 5.86. The summed E-state index contributed by atoms with van der Waals surface area (Å²) in [6, 6.07) is 17.6. The van der Waals surface area contributed by atoms with Crippen LogP contribution in [-0.4, -0.2) is 53.1 Å². The number of amides is 1. The Morgan fingerprint density at radius 2 is 1.78 bits per heavy atom. The van der Waals surface area contributed by atoms with E-state index in [1.807, 2.05) is 90.6 Å². The predicted octanol–water partition coefficient (Wildman–Crippen LogP) is 5.18. The number of hydrogen-bond donors (Lipinski definition) is 1. The lowest BCUT2D eigenvalue weighted by atomic mass is 10.0. The van der Waals surface area contributed by atoms with Gasteiger partial charge in [0.05, 0.1) is 12.4 Å².